The summed E-state index contributed by atoms with van der Waals surface area (Å²) in [5.74, 6) is -1.10. The number of fused-ring (bicyclic) bond motifs is 1. The van der Waals surface area contributed by atoms with Crippen molar-refractivity contribution in [3.05, 3.63) is 40.1 Å². The predicted molar refractivity (Wildman–Crippen MR) is 78.7 cm³/mol. The minimum atomic E-state index is -4.92. The number of halogens is 1. The molecule has 1 aliphatic heterocycles. The van der Waals surface area contributed by atoms with Crippen LogP contribution in [0.5, 0.6) is 0 Å². The Morgan fingerprint density at radius 2 is 1.96 bits per heavy atom. The van der Waals surface area contributed by atoms with Crippen molar-refractivity contribution in [2.24, 2.45) is 0 Å². The highest BCUT2D eigenvalue weighted by Gasteiger charge is 2.41. The Morgan fingerprint density at radius 1 is 1.26 bits per heavy atom. The molecule has 1 saturated heterocycles. The van der Waals surface area contributed by atoms with Crippen LogP contribution in [0, 0.1) is 0 Å². The second kappa shape index (κ2) is 5.27. The van der Waals surface area contributed by atoms with Gasteiger partial charge in [0, 0.05) is 13.0 Å². The number of aldehydes is 1. The van der Waals surface area contributed by atoms with E-state index in [0.29, 0.717) is 0 Å². The highest BCUT2D eigenvalue weighted by Crippen LogP contribution is 2.29. The van der Waals surface area contributed by atoms with Crippen LogP contribution in [0.15, 0.2) is 33.5 Å². The smallest absolute Gasteiger partial charge is 0.307 e. The van der Waals surface area contributed by atoms with Gasteiger partial charge in [-0.15, -0.1) is 3.89 Å². The third kappa shape index (κ3) is 2.52. The van der Waals surface area contributed by atoms with Gasteiger partial charge in [-0.2, -0.15) is 8.42 Å². The van der Waals surface area contributed by atoms with Crippen molar-refractivity contribution >= 4 is 39.3 Å². The van der Waals surface area contributed by atoms with E-state index in [1.54, 1.807) is 12.1 Å². The number of benzene rings is 1. The molecule has 1 fully saturated rings. The number of anilines is 1. The van der Waals surface area contributed by atoms with Gasteiger partial charge < -0.3 is 4.42 Å². The van der Waals surface area contributed by atoms with Crippen molar-refractivity contribution in [1.82, 2.24) is 0 Å². The molecule has 1 aromatic carbocycles. The average Bonchev–Trinajstić information content (AvgIpc) is 2.89. The van der Waals surface area contributed by atoms with Crippen molar-refractivity contribution in [3.63, 3.8) is 0 Å². The molecule has 0 bridgehead atoms. The minimum Gasteiger partial charge on any atom is -0.439 e. The first-order valence-electron chi connectivity index (χ1n) is 6.58. The molecule has 120 valence electrons. The average molecular weight is 339 g/mol. The van der Waals surface area contributed by atoms with Gasteiger partial charge in [-0.25, -0.2) is 0 Å². The van der Waals surface area contributed by atoms with Crippen molar-refractivity contribution in [2.75, 3.05) is 11.4 Å². The van der Waals surface area contributed by atoms with E-state index < -0.39 is 45.3 Å². The van der Waals surface area contributed by atoms with E-state index in [0.717, 1.165) is 4.90 Å². The van der Waals surface area contributed by atoms with Gasteiger partial charge in [0.25, 0.3) is 0 Å². The van der Waals surface area contributed by atoms with Crippen LogP contribution in [0.1, 0.15) is 16.8 Å². The summed E-state index contributed by atoms with van der Waals surface area (Å²) in [5.41, 5.74) is -0.914. The molecule has 0 spiro atoms. The summed E-state index contributed by atoms with van der Waals surface area (Å²) in [6, 6.07) is 6.10. The Labute approximate surface area is 129 Å². The lowest BCUT2D eigenvalue weighted by atomic mass is 10.1. The van der Waals surface area contributed by atoms with Crippen molar-refractivity contribution in [3.8, 4) is 0 Å². The molecule has 1 aromatic heterocycles. The molecular weight excluding hydrogens is 329 g/mol. The zero-order valence-electron chi connectivity index (χ0n) is 11.6. The Hall–Kier alpha value is -2.55. The summed E-state index contributed by atoms with van der Waals surface area (Å²) in [4.78, 5) is 36.3. The van der Waals surface area contributed by atoms with E-state index in [1.165, 1.54) is 12.1 Å². The van der Waals surface area contributed by atoms with E-state index in [-0.39, 0.29) is 23.1 Å². The molecule has 1 unspecified atom stereocenters. The quantitative estimate of drug-likeness (QED) is 0.611. The van der Waals surface area contributed by atoms with Gasteiger partial charge in [0.05, 0.1) is 5.39 Å². The van der Waals surface area contributed by atoms with E-state index in [1.807, 2.05) is 0 Å². The van der Waals surface area contributed by atoms with Crippen LogP contribution >= 0.6 is 0 Å². The molecule has 0 aliphatic carbocycles. The maximum atomic E-state index is 13.1. The molecule has 2 aromatic rings. The topological polar surface area (TPSA) is 102 Å². The number of amides is 1. The molecule has 0 saturated carbocycles. The molecule has 0 radical (unpaired) electrons. The number of rotatable bonds is 3. The molecule has 0 N–H and O–H groups in total. The zero-order chi connectivity index (χ0) is 16.8. The molecule has 1 atom stereocenters. The number of hydrogen-bond acceptors (Lipinski definition) is 6. The van der Waals surface area contributed by atoms with Crippen LogP contribution in [0.3, 0.4) is 0 Å². The summed E-state index contributed by atoms with van der Waals surface area (Å²) >= 11 is 0. The van der Waals surface area contributed by atoms with Gasteiger partial charge in [0.15, 0.2) is 6.29 Å². The Kier molecular flexibility index (Phi) is 3.52. The summed E-state index contributed by atoms with van der Waals surface area (Å²) in [6.07, 6.45) is -0.341. The van der Waals surface area contributed by atoms with Crippen molar-refractivity contribution < 1.29 is 26.3 Å². The van der Waals surface area contributed by atoms with Gasteiger partial charge >= 0.3 is 10.2 Å². The van der Waals surface area contributed by atoms with Crippen LogP contribution in [0.2, 0.25) is 0 Å². The standard InChI is InChI=1S/C14H10FNO6S/c15-23(20,21)8-5-12(18)16(6-8)14-10(7-17)13(19)9-3-1-2-4-11(9)22-14/h1-4,7-8H,5-6H2. The molecule has 7 nitrogen and oxygen atoms in total. The van der Waals surface area contributed by atoms with Crippen molar-refractivity contribution in [1.29, 1.82) is 0 Å². The lowest BCUT2D eigenvalue weighted by Crippen LogP contribution is -2.29. The molecule has 23 heavy (non-hydrogen) atoms. The molecule has 3 rings (SSSR count). The number of hydrogen-bond donors (Lipinski definition) is 0. The minimum absolute atomic E-state index is 0.137. The molecule has 2 heterocycles. The summed E-state index contributed by atoms with van der Waals surface area (Å²) in [7, 11) is -4.92. The molecular formula is C14H10FNO6S. The van der Waals surface area contributed by atoms with Gasteiger partial charge in [0.1, 0.15) is 16.4 Å². The number of nitrogens with zero attached hydrogens (tertiary/aromatic N) is 1. The maximum Gasteiger partial charge on any atom is 0.307 e. The maximum absolute atomic E-state index is 13.1. The van der Waals surface area contributed by atoms with Crippen LogP contribution in [-0.4, -0.2) is 32.4 Å². The van der Waals surface area contributed by atoms with Gasteiger partial charge in [0.2, 0.25) is 17.2 Å². The van der Waals surface area contributed by atoms with Gasteiger partial charge in [-0.1, -0.05) is 12.1 Å². The first-order chi connectivity index (χ1) is 10.8. The fourth-order valence-corrected chi connectivity index (χ4v) is 3.18. The largest absolute Gasteiger partial charge is 0.439 e. The third-order valence-corrected chi connectivity index (χ3v) is 4.78. The van der Waals surface area contributed by atoms with E-state index >= 15 is 0 Å². The van der Waals surface area contributed by atoms with Gasteiger partial charge in [-0.05, 0) is 12.1 Å². The first-order valence-corrected chi connectivity index (χ1v) is 8.02. The molecule has 9 heteroatoms. The molecule has 1 aliphatic rings. The summed E-state index contributed by atoms with van der Waals surface area (Å²) < 4.78 is 40.5. The number of carbonyl (C=O) groups excluding carboxylic acids is 2. The van der Waals surface area contributed by atoms with Crippen LogP contribution in [0.4, 0.5) is 9.77 Å². The SMILES string of the molecule is O=Cc1c(N2CC(S(=O)(=O)F)CC2=O)oc2ccccc2c1=O. The van der Waals surface area contributed by atoms with E-state index in [9.17, 15) is 26.7 Å². The first kappa shape index (κ1) is 15.3. The lowest BCUT2D eigenvalue weighted by molar-refractivity contribution is -0.117. The number of carbonyl (C=O) groups is 2. The summed E-state index contributed by atoms with van der Waals surface area (Å²) in [6.45, 7) is -0.514. The second-order valence-corrected chi connectivity index (χ2v) is 6.69. The van der Waals surface area contributed by atoms with Crippen LogP contribution in [0.25, 0.3) is 11.0 Å². The predicted octanol–water partition coefficient (Wildman–Crippen LogP) is 1.01. The van der Waals surface area contributed by atoms with E-state index in [2.05, 4.69) is 0 Å². The molecule has 1 amide bonds. The monoisotopic (exact) mass is 339 g/mol. The Morgan fingerprint density at radius 3 is 2.57 bits per heavy atom. The Balaban J connectivity index is 2.19. The highest BCUT2D eigenvalue weighted by atomic mass is 32.3. The van der Waals surface area contributed by atoms with E-state index in [4.69, 9.17) is 4.42 Å². The third-order valence-electron chi connectivity index (χ3n) is 3.66. The fourth-order valence-electron chi connectivity index (χ4n) is 2.51. The van der Waals surface area contributed by atoms with Crippen LogP contribution < -0.4 is 10.3 Å². The Bertz CT molecular complexity index is 980. The number of para-hydroxylation sites is 1. The summed E-state index contributed by atoms with van der Waals surface area (Å²) in [5, 5.41) is -1.40. The highest BCUT2D eigenvalue weighted by molar-refractivity contribution is 7.87. The van der Waals surface area contributed by atoms with Crippen LogP contribution in [-0.2, 0) is 15.0 Å². The van der Waals surface area contributed by atoms with Crippen molar-refractivity contribution in [2.45, 2.75) is 11.7 Å². The zero-order valence-corrected chi connectivity index (χ0v) is 12.4. The lowest BCUT2D eigenvalue weighted by Gasteiger charge is -2.16. The second-order valence-electron chi connectivity index (χ2n) is 5.07. The van der Waals surface area contributed by atoms with Gasteiger partial charge in [-0.3, -0.25) is 19.3 Å². The fraction of sp³-hybridized carbons (Fsp3) is 0.214. The normalized spacial score (nSPS) is 18.6.